The van der Waals surface area contributed by atoms with Crippen molar-refractivity contribution in [3.05, 3.63) is 69.5 Å². The molecule has 0 aliphatic carbocycles. The predicted octanol–water partition coefficient (Wildman–Crippen LogP) is 2.31. The number of nitrogens with zero attached hydrogens (tertiary/aromatic N) is 3. The third kappa shape index (κ3) is 3.50. The monoisotopic (exact) mass is 338 g/mol. The van der Waals surface area contributed by atoms with Crippen molar-refractivity contribution >= 4 is 5.91 Å². The molecule has 0 aliphatic heterocycles. The lowest BCUT2D eigenvalue weighted by Gasteiger charge is -2.16. The molecule has 0 atom stereocenters. The van der Waals surface area contributed by atoms with Gasteiger partial charge in [0.15, 0.2) is 5.76 Å². The van der Waals surface area contributed by atoms with E-state index in [2.05, 4.69) is 15.1 Å². The van der Waals surface area contributed by atoms with Crippen LogP contribution in [0.2, 0.25) is 0 Å². The number of amides is 1. The molecule has 0 fully saturated rings. The summed E-state index contributed by atoms with van der Waals surface area (Å²) in [4.78, 5) is 33.0. The molecule has 0 radical (unpaired) electrons. The highest BCUT2D eigenvalue weighted by atomic mass is 16.5. The zero-order chi connectivity index (χ0) is 18.0. The van der Waals surface area contributed by atoms with Gasteiger partial charge in [-0.2, -0.15) is 0 Å². The number of H-pyrrole nitrogens is 1. The molecule has 3 aromatic heterocycles. The summed E-state index contributed by atoms with van der Waals surface area (Å²) in [5.41, 5.74) is 2.40. The molecular formula is C18H18N4O3. The second-order valence-corrected chi connectivity index (χ2v) is 5.89. The van der Waals surface area contributed by atoms with Gasteiger partial charge in [0.1, 0.15) is 11.3 Å². The fourth-order valence-corrected chi connectivity index (χ4v) is 2.64. The number of carbonyl (C=O) groups is 1. The Morgan fingerprint density at radius 3 is 2.72 bits per heavy atom. The van der Waals surface area contributed by atoms with Crippen LogP contribution in [-0.4, -0.2) is 33.0 Å². The van der Waals surface area contributed by atoms with Gasteiger partial charge in [-0.3, -0.25) is 14.6 Å². The molecule has 7 heteroatoms. The standard InChI is InChI=1S/C18H18N4O3/c1-11-8-12(2)20-17(23)16(11)18(24)22(3)10-13-9-15(21-25-13)14-6-4-5-7-19-14/h4-9H,10H2,1-3H3,(H,20,23). The number of aromatic amines is 1. The first kappa shape index (κ1) is 16.6. The molecule has 0 aromatic carbocycles. The largest absolute Gasteiger partial charge is 0.359 e. The maximum Gasteiger partial charge on any atom is 0.261 e. The van der Waals surface area contributed by atoms with Gasteiger partial charge in [-0.25, -0.2) is 0 Å². The normalized spacial score (nSPS) is 10.7. The van der Waals surface area contributed by atoms with Gasteiger partial charge in [-0.05, 0) is 37.6 Å². The number of pyridine rings is 2. The van der Waals surface area contributed by atoms with Gasteiger partial charge < -0.3 is 14.4 Å². The van der Waals surface area contributed by atoms with E-state index in [0.29, 0.717) is 22.7 Å². The van der Waals surface area contributed by atoms with Crippen molar-refractivity contribution in [2.45, 2.75) is 20.4 Å². The highest BCUT2D eigenvalue weighted by Crippen LogP contribution is 2.17. The van der Waals surface area contributed by atoms with Crippen molar-refractivity contribution in [3.8, 4) is 11.4 Å². The van der Waals surface area contributed by atoms with Gasteiger partial charge in [-0.1, -0.05) is 11.2 Å². The van der Waals surface area contributed by atoms with Crippen molar-refractivity contribution < 1.29 is 9.32 Å². The third-order valence-electron chi connectivity index (χ3n) is 3.80. The average Bonchev–Trinajstić information content (AvgIpc) is 3.03. The second-order valence-electron chi connectivity index (χ2n) is 5.89. The average molecular weight is 338 g/mol. The maximum atomic E-state index is 12.6. The second kappa shape index (κ2) is 6.72. The van der Waals surface area contributed by atoms with Crippen LogP contribution in [0.4, 0.5) is 0 Å². The van der Waals surface area contributed by atoms with E-state index in [1.54, 1.807) is 39.2 Å². The van der Waals surface area contributed by atoms with Crippen LogP contribution < -0.4 is 5.56 Å². The summed E-state index contributed by atoms with van der Waals surface area (Å²) in [7, 11) is 1.62. The van der Waals surface area contributed by atoms with Crippen molar-refractivity contribution in [1.29, 1.82) is 0 Å². The van der Waals surface area contributed by atoms with E-state index >= 15 is 0 Å². The fraction of sp³-hybridized carbons (Fsp3) is 0.222. The molecule has 0 aliphatic rings. The summed E-state index contributed by atoms with van der Waals surface area (Å²) in [5, 5.41) is 3.97. The number of hydrogen-bond acceptors (Lipinski definition) is 5. The molecule has 3 heterocycles. The van der Waals surface area contributed by atoms with Gasteiger partial charge in [0.25, 0.3) is 11.5 Å². The molecule has 25 heavy (non-hydrogen) atoms. The number of aromatic nitrogens is 3. The number of rotatable bonds is 4. The van der Waals surface area contributed by atoms with Crippen LogP contribution in [0.15, 0.2) is 45.8 Å². The summed E-state index contributed by atoms with van der Waals surface area (Å²) < 4.78 is 5.29. The van der Waals surface area contributed by atoms with Gasteiger partial charge in [0.05, 0.1) is 12.2 Å². The smallest absolute Gasteiger partial charge is 0.261 e. The first-order chi connectivity index (χ1) is 12.0. The summed E-state index contributed by atoms with van der Waals surface area (Å²) >= 11 is 0. The Hall–Kier alpha value is -3.22. The molecule has 1 N–H and O–H groups in total. The molecule has 0 saturated heterocycles. The Labute approximate surface area is 144 Å². The Bertz CT molecular complexity index is 960. The number of nitrogens with one attached hydrogen (secondary N) is 1. The minimum atomic E-state index is -0.388. The van der Waals surface area contributed by atoms with Crippen LogP contribution in [0.25, 0.3) is 11.4 Å². The van der Waals surface area contributed by atoms with E-state index in [1.807, 2.05) is 18.2 Å². The van der Waals surface area contributed by atoms with Gasteiger partial charge >= 0.3 is 0 Å². The predicted molar refractivity (Wildman–Crippen MR) is 92.1 cm³/mol. The lowest BCUT2D eigenvalue weighted by atomic mass is 10.1. The Morgan fingerprint density at radius 2 is 2.04 bits per heavy atom. The molecule has 1 amide bonds. The zero-order valence-electron chi connectivity index (χ0n) is 14.2. The molecule has 7 nitrogen and oxygen atoms in total. The minimum Gasteiger partial charge on any atom is -0.359 e. The Kier molecular flexibility index (Phi) is 4.47. The Balaban J connectivity index is 1.79. The van der Waals surface area contributed by atoms with E-state index in [-0.39, 0.29) is 23.6 Å². The summed E-state index contributed by atoms with van der Waals surface area (Å²) in [6, 6.07) is 9.01. The molecule has 0 spiro atoms. The van der Waals surface area contributed by atoms with Crippen LogP contribution in [-0.2, 0) is 6.54 Å². The van der Waals surface area contributed by atoms with E-state index in [4.69, 9.17) is 4.52 Å². The zero-order valence-corrected chi connectivity index (χ0v) is 14.2. The van der Waals surface area contributed by atoms with Crippen LogP contribution in [0.5, 0.6) is 0 Å². The minimum absolute atomic E-state index is 0.137. The van der Waals surface area contributed by atoms with E-state index in [1.165, 1.54) is 4.90 Å². The highest BCUT2D eigenvalue weighted by Gasteiger charge is 2.20. The Morgan fingerprint density at radius 1 is 1.24 bits per heavy atom. The summed E-state index contributed by atoms with van der Waals surface area (Å²) in [5.74, 6) is 0.146. The molecule has 0 bridgehead atoms. The van der Waals surface area contributed by atoms with Gasteiger partial charge in [-0.15, -0.1) is 0 Å². The summed E-state index contributed by atoms with van der Waals surface area (Å²) in [6.45, 7) is 3.72. The van der Waals surface area contributed by atoms with Crippen molar-refractivity contribution in [3.63, 3.8) is 0 Å². The van der Waals surface area contributed by atoms with Crippen LogP contribution in [0, 0.1) is 13.8 Å². The van der Waals surface area contributed by atoms with Crippen LogP contribution in [0.1, 0.15) is 27.4 Å². The summed E-state index contributed by atoms with van der Waals surface area (Å²) in [6.07, 6.45) is 1.67. The maximum absolute atomic E-state index is 12.6. The number of carbonyl (C=O) groups excluding carboxylic acids is 1. The van der Waals surface area contributed by atoms with E-state index in [0.717, 1.165) is 5.69 Å². The number of aryl methyl sites for hydroxylation is 2. The van der Waals surface area contributed by atoms with Gasteiger partial charge in [0.2, 0.25) is 0 Å². The first-order valence-corrected chi connectivity index (χ1v) is 7.78. The van der Waals surface area contributed by atoms with Crippen molar-refractivity contribution in [2.75, 3.05) is 7.05 Å². The van der Waals surface area contributed by atoms with Crippen LogP contribution >= 0.6 is 0 Å². The quantitative estimate of drug-likeness (QED) is 0.788. The first-order valence-electron chi connectivity index (χ1n) is 7.78. The molecule has 0 unspecified atom stereocenters. The topological polar surface area (TPSA) is 92.1 Å². The number of hydrogen-bond donors (Lipinski definition) is 1. The highest BCUT2D eigenvalue weighted by molar-refractivity contribution is 5.95. The lowest BCUT2D eigenvalue weighted by Crippen LogP contribution is -2.32. The molecule has 3 rings (SSSR count). The molecular weight excluding hydrogens is 320 g/mol. The van der Waals surface area contributed by atoms with E-state index in [9.17, 15) is 9.59 Å². The van der Waals surface area contributed by atoms with Crippen LogP contribution in [0.3, 0.4) is 0 Å². The molecule has 3 aromatic rings. The molecule has 0 saturated carbocycles. The third-order valence-corrected chi connectivity index (χ3v) is 3.80. The van der Waals surface area contributed by atoms with Crippen molar-refractivity contribution in [1.82, 2.24) is 20.0 Å². The fourth-order valence-electron chi connectivity index (χ4n) is 2.64. The molecule has 128 valence electrons. The van der Waals surface area contributed by atoms with Crippen molar-refractivity contribution in [2.24, 2.45) is 0 Å². The SMILES string of the molecule is Cc1cc(C)c(C(=O)N(C)Cc2cc(-c3ccccn3)no2)c(=O)[nH]1. The lowest BCUT2D eigenvalue weighted by molar-refractivity contribution is 0.0769. The van der Waals surface area contributed by atoms with E-state index < -0.39 is 0 Å². The van der Waals surface area contributed by atoms with Gasteiger partial charge in [0, 0.05) is 25.0 Å².